The molecule has 0 bridgehead atoms. The first-order valence-electron chi connectivity index (χ1n) is 8.95. The van der Waals surface area contributed by atoms with Gasteiger partial charge >= 0.3 is 0 Å². The third-order valence-corrected chi connectivity index (χ3v) is 4.78. The Bertz CT molecular complexity index is 799. The number of carbonyl (C=O) groups excluding carboxylic acids is 2. The summed E-state index contributed by atoms with van der Waals surface area (Å²) in [5, 5.41) is 0. The summed E-state index contributed by atoms with van der Waals surface area (Å²) in [6, 6.07) is 14.7. The third-order valence-electron chi connectivity index (χ3n) is 4.78. The molecular weight excluding hydrogens is 344 g/mol. The first-order valence-corrected chi connectivity index (χ1v) is 8.95. The van der Waals surface area contributed by atoms with E-state index in [1.54, 1.807) is 30.1 Å². The van der Waals surface area contributed by atoms with Gasteiger partial charge in [0.2, 0.25) is 5.91 Å². The minimum Gasteiger partial charge on any atom is -0.497 e. The molecule has 1 aliphatic rings. The predicted octanol–water partition coefficient (Wildman–Crippen LogP) is 2.23. The molecule has 0 spiro atoms. The van der Waals surface area contributed by atoms with Crippen LogP contribution in [0.4, 0.5) is 0 Å². The van der Waals surface area contributed by atoms with E-state index in [-0.39, 0.29) is 18.2 Å². The van der Waals surface area contributed by atoms with Crippen molar-refractivity contribution in [3.8, 4) is 11.5 Å². The van der Waals surface area contributed by atoms with Crippen molar-refractivity contribution in [3.63, 3.8) is 0 Å². The highest BCUT2D eigenvalue weighted by molar-refractivity contribution is 5.94. The van der Waals surface area contributed by atoms with E-state index in [4.69, 9.17) is 9.47 Å². The number of hydrogen-bond acceptors (Lipinski definition) is 4. The number of carbonyl (C=O) groups is 2. The zero-order valence-corrected chi connectivity index (χ0v) is 15.7. The second-order valence-electron chi connectivity index (χ2n) is 6.39. The first kappa shape index (κ1) is 18.8. The topological polar surface area (TPSA) is 59.1 Å². The van der Waals surface area contributed by atoms with Gasteiger partial charge in [-0.3, -0.25) is 9.59 Å². The summed E-state index contributed by atoms with van der Waals surface area (Å²) in [5.41, 5.74) is 1.51. The predicted molar refractivity (Wildman–Crippen MR) is 102 cm³/mol. The van der Waals surface area contributed by atoms with Crippen LogP contribution in [0, 0.1) is 0 Å². The molecule has 142 valence electrons. The van der Waals surface area contributed by atoms with Crippen molar-refractivity contribution in [2.75, 3.05) is 40.4 Å². The van der Waals surface area contributed by atoms with Gasteiger partial charge < -0.3 is 19.3 Å². The maximum Gasteiger partial charge on any atom is 0.253 e. The average Bonchev–Trinajstić information content (AvgIpc) is 2.74. The zero-order chi connectivity index (χ0) is 19.2. The molecule has 0 atom stereocenters. The zero-order valence-electron chi connectivity index (χ0n) is 15.7. The maximum atomic E-state index is 12.7. The smallest absolute Gasteiger partial charge is 0.253 e. The lowest BCUT2D eigenvalue weighted by molar-refractivity contribution is -0.131. The van der Waals surface area contributed by atoms with E-state index in [1.807, 2.05) is 42.5 Å². The summed E-state index contributed by atoms with van der Waals surface area (Å²) < 4.78 is 10.6. The van der Waals surface area contributed by atoms with E-state index < -0.39 is 0 Å². The van der Waals surface area contributed by atoms with Gasteiger partial charge in [-0.2, -0.15) is 0 Å². The Morgan fingerprint density at radius 1 is 0.889 bits per heavy atom. The van der Waals surface area contributed by atoms with Gasteiger partial charge in [0.25, 0.3) is 5.91 Å². The molecule has 0 N–H and O–H groups in total. The minimum atomic E-state index is 0.0134. The Morgan fingerprint density at radius 2 is 1.56 bits per heavy atom. The van der Waals surface area contributed by atoms with E-state index in [9.17, 15) is 9.59 Å². The standard InChI is InChI=1S/C21H24N2O4/c1-26-18-9-8-17(19(15-18)27-2)14-20(24)22-10-12-23(13-11-22)21(25)16-6-4-3-5-7-16/h3-9,15H,10-14H2,1-2H3. The Hall–Kier alpha value is -3.02. The molecule has 1 saturated heterocycles. The average molecular weight is 368 g/mol. The number of rotatable bonds is 5. The quantitative estimate of drug-likeness (QED) is 0.812. The van der Waals surface area contributed by atoms with Gasteiger partial charge in [-0.1, -0.05) is 24.3 Å². The van der Waals surface area contributed by atoms with Gasteiger partial charge in [0, 0.05) is 43.4 Å². The van der Waals surface area contributed by atoms with E-state index >= 15 is 0 Å². The molecule has 27 heavy (non-hydrogen) atoms. The van der Waals surface area contributed by atoms with Crippen LogP contribution in [0.2, 0.25) is 0 Å². The lowest BCUT2D eigenvalue weighted by Crippen LogP contribution is -2.51. The molecule has 0 unspecified atom stereocenters. The molecule has 1 fully saturated rings. The second kappa shape index (κ2) is 8.58. The lowest BCUT2D eigenvalue weighted by atomic mass is 10.1. The van der Waals surface area contributed by atoms with E-state index in [0.717, 1.165) is 5.56 Å². The molecule has 2 aromatic rings. The molecule has 0 radical (unpaired) electrons. The van der Waals surface area contributed by atoms with Gasteiger partial charge in [0.15, 0.2) is 0 Å². The fourth-order valence-corrected chi connectivity index (χ4v) is 3.19. The second-order valence-corrected chi connectivity index (χ2v) is 6.39. The Labute approximate surface area is 159 Å². The van der Waals surface area contributed by atoms with Gasteiger partial charge in [0.05, 0.1) is 20.6 Å². The Kier molecular flexibility index (Phi) is 5.96. The molecule has 2 amide bonds. The summed E-state index contributed by atoms with van der Waals surface area (Å²) in [7, 11) is 3.17. The fraction of sp³-hybridized carbons (Fsp3) is 0.333. The van der Waals surface area contributed by atoms with Crippen molar-refractivity contribution < 1.29 is 19.1 Å². The van der Waals surface area contributed by atoms with Crippen LogP contribution in [0.1, 0.15) is 15.9 Å². The fourth-order valence-electron chi connectivity index (χ4n) is 3.19. The number of ether oxygens (including phenoxy) is 2. The van der Waals surface area contributed by atoms with E-state index in [2.05, 4.69) is 0 Å². The monoisotopic (exact) mass is 368 g/mol. The molecule has 0 aliphatic carbocycles. The Morgan fingerprint density at radius 3 is 2.19 bits per heavy atom. The SMILES string of the molecule is COc1ccc(CC(=O)N2CCN(C(=O)c3ccccc3)CC2)c(OC)c1. The molecule has 1 heterocycles. The van der Waals surface area contributed by atoms with Crippen molar-refractivity contribution in [1.29, 1.82) is 0 Å². The molecule has 6 heteroatoms. The van der Waals surface area contributed by atoms with Gasteiger partial charge in [-0.05, 0) is 18.2 Å². The number of piperazine rings is 1. The Balaban J connectivity index is 1.58. The van der Waals surface area contributed by atoms with Crippen LogP contribution in [0.25, 0.3) is 0 Å². The van der Waals surface area contributed by atoms with Crippen molar-refractivity contribution >= 4 is 11.8 Å². The summed E-state index contributed by atoms with van der Waals surface area (Å²) in [4.78, 5) is 28.8. The highest BCUT2D eigenvalue weighted by Gasteiger charge is 2.25. The van der Waals surface area contributed by atoms with Gasteiger partial charge in [0.1, 0.15) is 11.5 Å². The van der Waals surface area contributed by atoms with Crippen LogP contribution in [0.15, 0.2) is 48.5 Å². The van der Waals surface area contributed by atoms with Crippen molar-refractivity contribution in [2.24, 2.45) is 0 Å². The normalized spacial score (nSPS) is 14.0. The van der Waals surface area contributed by atoms with E-state index in [1.165, 1.54) is 0 Å². The molecule has 2 aromatic carbocycles. The number of hydrogen-bond donors (Lipinski definition) is 0. The number of methoxy groups -OCH3 is 2. The molecule has 3 rings (SSSR count). The van der Waals surface area contributed by atoms with Crippen LogP contribution in [-0.2, 0) is 11.2 Å². The summed E-state index contributed by atoms with van der Waals surface area (Å²) >= 11 is 0. The number of benzene rings is 2. The third kappa shape index (κ3) is 4.39. The van der Waals surface area contributed by atoms with Crippen LogP contribution in [-0.4, -0.2) is 62.0 Å². The summed E-state index contributed by atoms with van der Waals surface area (Å²) in [6.45, 7) is 2.16. The first-order chi connectivity index (χ1) is 13.1. The molecule has 1 aliphatic heterocycles. The molecule has 6 nitrogen and oxygen atoms in total. The summed E-state index contributed by atoms with van der Waals surface area (Å²) in [5.74, 6) is 1.38. The minimum absolute atomic E-state index is 0.0134. The highest BCUT2D eigenvalue weighted by atomic mass is 16.5. The van der Waals surface area contributed by atoms with Crippen LogP contribution < -0.4 is 9.47 Å². The van der Waals surface area contributed by atoms with Crippen LogP contribution in [0.3, 0.4) is 0 Å². The number of nitrogens with zero attached hydrogens (tertiary/aromatic N) is 2. The van der Waals surface area contributed by atoms with E-state index in [0.29, 0.717) is 43.2 Å². The number of amides is 2. The largest absolute Gasteiger partial charge is 0.497 e. The molecule has 0 saturated carbocycles. The summed E-state index contributed by atoms with van der Waals surface area (Å²) in [6.07, 6.45) is 0.264. The molecule has 0 aromatic heterocycles. The van der Waals surface area contributed by atoms with Crippen molar-refractivity contribution in [1.82, 2.24) is 9.80 Å². The van der Waals surface area contributed by atoms with Crippen LogP contribution in [0.5, 0.6) is 11.5 Å². The van der Waals surface area contributed by atoms with Crippen molar-refractivity contribution in [2.45, 2.75) is 6.42 Å². The lowest BCUT2D eigenvalue weighted by Gasteiger charge is -2.35. The highest BCUT2D eigenvalue weighted by Crippen LogP contribution is 2.25. The van der Waals surface area contributed by atoms with Crippen molar-refractivity contribution in [3.05, 3.63) is 59.7 Å². The van der Waals surface area contributed by atoms with Crippen LogP contribution >= 0.6 is 0 Å². The van der Waals surface area contributed by atoms with Gasteiger partial charge in [-0.15, -0.1) is 0 Å². The molecular formula is C21H24N2O4. The van der Waals surface area contributed by atoms with Gasteiger partial charge in [-0.25, -0.2) is 0 Å². The maximum absolute atomic E-state index is 12.7.